The molecule has 0 aromatic rings. The van der Waals surface area contributed by atoms with Crippen molar-refractivity contribution in [2.24, 2.45) is 10.7 Å². The average molecular weight is 236 g/mol. The van der Waals surface area contributed by atoms with Crippen molar-refractivity contribution < 1.29 is 0 Å². The lowest BCUT2D eigenvalue weighted by molar-refractivity contribution is 0.572. The first-order valence-corrected chi connectivity index (χ1v) is 6.68. The summed E-state index contributed by atoms with van der Waals surface area (Å²) < 4.78 is 0. The van der Waals surface area contributed by atoms with Crippen LogP contribution in [0.15, 0.2) is 28.4 Å². The van der Waals surface area contributed by atoms with Crippen molar-refractivity contribution in [3.05, 3.63) is 23.4 Å². The summed E-state index contributed by atoms with van der Waals surface area (Å²) >= 11 is 0. The Bertz CT molecular complexity index is 287. The normalized spacial score (nSPS) is 14.9. The summed E-state index contributed by atoms with van der Waals surface area (Å²) in [6.07, 6.45) is 7.18. The van der Waals surface area contributed by atoms with Crippen molar-refractivity contribution in [1.29, 1.82) is 0 Å². The smallest absolute Gasteiger partial charge is 0.0402 e. The Morgan fingerprint density at radius 3 is 2.53 bits per heavy atom. The summed E-state index contributed by atoms with van der Waals surface area (Å²) in [5.41, 5.74) is 9.59. The molecule has 0 aliphatic carbocycles. The van der Waals surface area contributed by atoms with Gasteiger partial charge in [-0.3, -0.25) is 4.99 Å². The molecule has 2 nitrogen and oxygen atoms in total. The largest absolute Gasteiger partial charge is 0.327 e. The van der Waals surface area contributed by atoms with E-state index >= 15 is 0 Å². The van der Waals surface area contributed by atoms with E-state index in [0.29, 0.717) is 0 Å². The fourth-order valence-electron chi connectivity index (χ4n) is 2.04. The number of hydrogen-bond acceptors (Lipinski definition) is 2. The van der Waals surface area contributed by atoms with E-state index in [1.807, 2.05) is 20.1 Å². The molecule has 0 radical (unpaired) electrons. The topological polar surface area (TPSA) is 38.4 Å². The van der Waals surface area contributed by atoms with Crippen molar-refractivity contribution in [3.63, 3.8) is 0 Å². The molecule has 0 saturated carbocycles. The number of aliphatic imine (C=N–C) groups is 1. The maximum absolute atomic E-state index is 6.11. The van der Waals surface area contributed by atoms with E-state index in [0.717, 1.165) is 30.5 Å². The number of hydrogen-bond donors (Lipinski definition) is 1. The van der Waals surface area contributed by atoms with Crippen LogP contribution in [0.3, 0.4) is 0 Å². The first-order valence-electron chi connectivity index (χ1n) is 6.68. The quantitative estimate of drug-likeness (QED) is 0.497. The third kappa shape index (κ3) is 6.42. The molecule has 1 unspecified atom stereocenters. The highest BCUT2D eigenvalue weighted by molar-refractivity contribution is 5.56. The maximum Gasteiger partial charge on any atom is 0.0402 e. The van der Waals surface area contributed by atoms with Crippen molar-refractivity contribution in [1.82, 2.24) is 0 Å². The van der Waals surface area contributed by atoms with Crippen molar-refractivity contribution >= 4 is 6.21 Å². The molecule has 0 amide bonds. The summed E-state index contributed by atoms with van der Waals surface area (Å²) in [6, 6.07) is 0.238. The van der Waals surface area contributed by atoms with E-state index in [1.165, 1.54) is 18.4 Å². The monoisotopic (exact) mass is 236 g/mol. The van der Waals surface area contributed by atoms with Gasteiger partial charge in [0, 0.05) is 18.0 Å². The number of nitrogens with zero attached hydrogens (tertiary/aromatic N) is 1. The number of rotatable bonds is 8. The Morgan fingerprint density at radius 1 is 1.41 bits per heavy atom. The van der Waals surface area contributed by atoms with Crippen LogP contribution in [0.5, 0.6) is 0 Å². The molecule has 0 heterocycles. The molecule has 0 aromatic carbocycles. The van der Waals surface area contributed by atoms with Gasteiger partial charge in [0.15, 0.2) is 0 Å². The lowest BCUT2D eigenvalue weighted by Gasteiger charge is -2.16. The molecule has 0 aliphatic heterocycles. The van der Waals surface area contributed by atoms with Crippen LogP contribution in [0, 0.1) is 0 Å². The van der Waals surface area contributed by atoms with Gasteiger partial charge in [0.25, 0.3) is 0 Å². The highest BCUT2D eigenvalue weighted by Gasteiger charge is 2.09. The van der Waals surface area contributed by atoms with E-state index in [4.69, 9.17) is 5.73 Å². The second-order valence-corrected chi connectivity index (χ2v) is 4.51. The van der Waals surface area contributed by atoms with E-state index in [9.17, 15) is 0 Å². The lowest BCUT2D eigenvalue weighted by Crippen LogP contribution is -2.20. The van der Waals surface area contributed by atoms with Crippen LogP contribution >= 0.6 is 0 Å². The van der Waals surface area contributed by atoms with Crippen LogP contribution in [0.25, 0.3) is 0 Å². The number of unbranched alkanes of at least 4 members (excludes halogenated alkanes) is 1. The van der Waals surface area contributed by atoms with Crippen LogP contribution in [0.2, 0.25) is 0 Å². The minimum Gasteiger partial charge on any atom is -0.327 e. The second kappa shape index (κ2) is 9.17. The van der Waals surface area contributed by atoms with Crippen molar-refractivity contribution in [2.75, 3.05) is 0 Å². The van der Waals surface area contributed by atoms with Gasteiger partial charge in [-0.05, 0) is 44.3 Å². The van der Waals surface area contributed by atoms with Gasteiger partial charge in [-0.25, -0.2) is 0 Å². The Labute approximate surface area is 107 Å². The van der Waals surface area contributed by atoms with Crippen LogP contribution < -0.4 is 5.73 Å². The molecule has 2 heteroatoms. The molecule has 0 aromatic heterocycles. The highest BCUT2D eigenvalue weighted by Crippen LogP contribution is 2.22. The number of nitrogens with two attached hydrogens (primary N) is 1. The zero-order valence-corrected chi connectivity index (χ0v) is 11.9. The minimum absolute atomic E-state index is 0.238. The molecule has 0 rings (SSSR count). The average Bonchev–Trinajstić information content (AvgIpc) is 2.27. The van der Waals surface area contributed by atoms with Gasteiger partial charge in [-0.2, -0.15) is 0 Å². The third-order valence-electron chi connectivity index (χ3n) is 2.98. The van der Waals surface area contributed by atoms with Crippen molar-refractivity contribution in [2.45, 2.75) is 65.8 Å². The van der Waals surface area contributed by atoms with Gasteiger partial charge in [-0.1, -0.05) is 33.3 Å². The molecule has 0 saturated heterocycles. The van der Waals surface area contributed by atoms with Crippen LogP contribution in [0.1, 0.15) is 59.8 Å². The third-order valence-corrected chi connectivity index (χ3v) is 2.98. The summed E-state index contributed by atoms with van der Waals surface area (Å²) in [4.78, 5) is 4.34. The summed E-state index contributed by atoms with van der Waals surface area (Å²) in [5.74, 6) is 0. The fraction of sp³-hybridized carbons (Fsp3) is 0.667. The van der Waals surface area contributed by atoms with Crippen LogP contribution in [-0.2, 0) is 0 Å². The predicted molar refractivity (Wildman–Crippen MR) is 78.4 cm³/mol. The van der Waals surface area contributed by atoms with Gasteiger partial charge >= 0.3 is 0 Å². The van der Waals surface area contributed by atoms with Gasteiger partial charge in [-0.15, -0.1) is 0 Å². The first kappa shape index (κ1) is 16.1. The Hall–Kier alpha value is -0.890. The molecule has 1 atom stereocenters. The molecule has 2 N–H and O–H groups in total. The maximum atomic E-state index is 6.11. The van der Waals surface area contributed by atoms with Gasteiger partial charge in [0.05, 0.1) is 0 Å². The van der Waals surface area contributed by atoms with Gasteiger partial charge < -0.3 is 5.73 Å². The zero-order chi connectivity index (χ0) is 13.3. The summed E-state index contributed by atoms with van der Waals surface area (Å²) in [7, 11) is 0. The first-order chi connectivity index (χ1) is 8.06. The number of allylic oxidation sites excluding steroid dienone is 2. The molecule has 98 valence electrons. The Balaban J connectivity index is 4.51. The standard InChI is InChI=1S/C15H28N2/c1-6-9-10-14(16)11-12(4)15(7-2)13(5)17-8-3/h8,14H,4,6-7,9-11,16H2,1-3,5H3/b15-13-,17-8-. The van der Waals surface area contributed by atoms with Gasteiger partial charge in [0.2, 0.25) is 0 Å². The minimum atomic E-state index is 0.238. The fourth-order valence-corrected chi connectivity index (χ4v) is 2.04. The molecule has 0 fully saturated rings. The molecule has 17 heavy (non-hydrogen) atoms. The van der Waals surface area contributed by atoms with Gasteiger partial charge in [0.1, 0.15) is 0 Å². The van der Waals surface area contributed by atoms with Crippen LogP contribution in [-0.4, -0.2) is 12.3 Å². The van der Waals surface area contributed by atoms with E-state index in [2.05, 4.69) is 25.4 Å². The Morgan fingerprint density at radius 2 is 2.06 bits per heavy atom. The molecular formula is C15H28N2. The van der Waals surface area contributed by atoms with E-state index < -0.39 is 0 Å². The SMILES string of the molecule is C=C(CC(N)CCCC)/C(CC)=C(C)\N=C/C. The lowest BCUT2D eigenvalue weighted by atomic mass is 9.95. The molecule has 0 spiro atoms. The van der Waals surface area contributed by atoms with Crippen molar-refractivity contribution in [3.8, 4) is 0 Å². The second-order valence-electron chi connectivity index (χ2n) is 4.51. The summed E-state index contributed by atoms with van der Waals surface area (Å²) in [6.45, 7) is 12.5. The summed E-state index contributed by atoms with van der Waals surface area (Å²) in [5, 5.41) is 0. The molecular weight excluding hydrogens is 208 g/mol. The highest BCUT2D eigenvalue weighted by atomic mass is 14.7. The van der Waals surface area contributed by atoms with E-state index in [-0.39, 0.29) is 6.04 Å². The Kier molecular flexibility index (Phi) is 8.69. The van der Waals surface area contributed by atoms with E-state index in [1.54, 1.807) is 0 Å². The molecule has 0 aliphatic rings. The predicted octanol–water partition coefficient (Wildman–Crippen LogP) is 4.22. The molecule has 0 bridgehead atoms. The zero-order valence-electron chi connectivity index (χ0n) is 11.9. The van der Waals surface area contributed by atoms with Crippen LogP contribution in [0.4, 0.5) is 0 Å².